The number of hydrogen-bond acceptors (Lipinski definition) is 4. The van der Waals surface area contributed by atoms with Crippen LogP contribution in [-0.4, -0.2) is 58.5 Å². The van der Waals surface area contributed by atoms with Gasteiger partial charge < -0.3 is 15.3 Å². The Hall–Kier alpha value is -1.63. The molecule has 0 bridgehead atoms. The van der Waals surface area contributed by atoms with E-state index in [1.807, 2.05) is 19.1 Å². The zero-order valence-corrected chi connectivity index (χ0v) is 20.7. The van der Waals surface area contributed by atoms with Gasteiger partial charge in [-0.3, -0.25) is 14.5 Å². The van der Waals surface area contributed by atoms with Crippen LogP contribution in [0.5, 0.6) is 0 Å². The molecule has 1 aromatic carbocycles. The van der Waals surface area contributed by atoms with Crippen molar-refractivity contribution in [3.63, 3.8) is 0 Å². The van der Waals surface area contributed by atoms with Crippen molar-refractivity contribution in [2.45, 2.75) is 83.9 Å². The van der Waals surface area contributed by atoms with Crippen LogP contribution in [0.4, 0.5) is 5.69 Å². The molecule has 2 amide bonds. The third-order valence-electron chi connectivity index (χ3n) is 7.63. The summed E-state index contributed by atoms with van der Waals surface area (Å²) in [5.74, 6) is 1.29. The lowest BCUT2D eigenvalue weighted by molar-refractivity contribution is -0.136. The van der Waals surface area contributed by atoms with Gasteiger partial charge in [0, 0.05) is 55.8 Å². The van der Waals surface area contributed by atoms with Gasteiger partial charge in [-0.05, 0) is 87.5 Å². The Labute approximate surface area is 202 Å². The summed E-state index contributed by atoms with van der Waals surface area (Å²) in [6.45, 7) is 7.39. The van der Waals surface area contributed by atoms with Crippen LogP contribution in [0.25, 0.3) is 0 Å². The minimum atomic E-state index is -0.206. The van der Waals surface area contributed by atoms with Gasteiger partial charge in [-0.25, -0.2) is 0 Å². The molecule has 2 N–H and O–H groups in total. The van der Waals surface area contributed by atoms with Gasteiger partial charge >= 0.3 is 0 Å². The van der Waals surface area contributed by atoms with Crippen molar-refractivity contribution < 1.29 is 14.7 Å². The highest BCUT2D eigenvalue weighted by Crippen LogP contribution is 2.34. The predicted octanol–water partition coefficient (Wildman–Crippen LogP) is 4.36. The zero-order valence-electron chi connectivity index (χ0n) is 20.0. The average molecular weight is 476 g/mol. The molecular formula is C26H38ClN3O3. The maximum Gasteiger partial charge on any atom is 0.224 e. The van der Waals surface area contributed by atoms with Gasteiger partial charge in [-0.15, -0.1) is 0 Å². The summed E-state index contributed by atoms with van der Waals surface area (Å²) in [4.78, 5) is 29.7. The van der Waals surface area contributed by atoms with Gasteiger partial charge in [0.25, 0.3) is 0 Å². The lowest BCUT2D eigenvalue weighted by Crippen LogP contribution is -2.53. The molecule has 2 aliphatic carbocycles. The lowest BCUT2D eigenvalue weighted by atomic mass is 9.85. The second kappa shape index (κ2) is 10.7. The predicted molar refractivity (Wildman–Crippen MR) is 131 cm³/mol. The summed E-state index contributed by atoms with van der Waals surface area (Å²) in [6, 6.07) is 4.03. The molecule has 1 aromatic rings. The number of hydrogen-bond donors (Lipinski definition) is 2. The number of nitrogens with one attached hydrogen (secondary N) is 1. The Balaban J connectivity index is 1.33. The summed E-state index contributed by atoms with van der Waals surface area (Å²) in [5, 5.41) is 13.4. The number of nitrogens with zero attached hydrogens (tertiary/aromatic N) is 2. The molecule has 6 nitrogen and oxygen atoms in total. The fraction of sp³-hybridized carbons (Fsp3) is 0.692. The fourth-order valence-corrected chi connectivity index (χ4v) is 5.56. The Morgan fingerprint density at radius 3 is 2.39 bits per heavy atom. The van der Waals surface area contributed by atoms with E-state index >= 15 is 0 Å². The number of aliphatic hydroxyl groups excluding tert-OH is 1. The molecule has 1 unspecified atom stereocenters. The Morgan fingerprint density at radius 2 is 1.73 bits per heavy atom. The zero-order chi connectivity index (χ0) is 23.5. The number of carbonyl (C=O) groups excluding carboxylic acids is 2. The van der Waals surface area contributed by atoms with E-state index in [-0.39, 0.29) is 18.1 Å². The molecule has 0 radical (unpaired) electrons. The minimum Gasteiger partial charge on any atom is -0.393 e. The SMILES string of the molecule is Cc1c(CN2CCN(C(=O)CC3CC3)C(C)C2)cc(Cl)cc1NC(=O)CC1CCC(O)CC1. The van der Waals surface area contributed by atoms with Crippen molar-refractivity contribution in [2.24, 2.45) is 11.8 Å². The first-order valence-corrected chi connectivity index (χ1v) is 12.9. The van der Waals surface area contributed by atoms with Crippen LogP contribution in [0.3, 0.4) is 0 Å². The Bertz CT molecular complexity index is 865. The molecule has 1 saturated heterocycles. The quantitative estimate of drug-likeness (QED) is 0.614. The van der Waals surface area contributed by atoms with Crippen LogP contribution in [0, 0.1) is 18.8 Å². The highest BCUT2D eigenvalue weighted by atomic mass is 35.5. The normalized spacial score (nSPS) is 26.3. The topological polar surface area (TPSA) is 72.9 Å². The molecule has 3 aliphatic rings. The van der Waals surface area contributed by atoms with Crippen LogP contribution in [0.2, 0.25) is 5.02 Å². The van der Waals surface area contributed by atoms with Crippen molar-refractivity contribution >= 4 is 29.1 Å². The van der Waals surface area contributed by atoms with Crippen LogP contribution in [0.15, 0.2) is 12.1 Å². The molecule has 0 spiro atoms. The third kappa shape index (κ3) is 6.71. The van der Waals surface area contributed by atoms with Crippen molar-refractivity contribution in [3.05, 3.63) is 28.3 Å². The van der Waals surface area contributed by atoms with E-state index in [1.54, 1.807) is 0 Å². The molecule has 3 fully saturated rings. The molecule has 2 saturated carbocycles. The largest absolute Gasteiger partial charge is 0.393 e. The fourth-order valence-electron chi connectivity index (χ4n) is 5.32. The smallest absolute Gasteiger partial charge is 0.224 e. The van der Waals surface area contributed by atoms with Gasteiger partial charge in [0.05, 0.1) is 6.10 Å². The van der Waals surface area contributed by atoms with E-state index in [9.17, 15) is 14.7 Å². The molecule has 33 heavy (non-hydrogen) atoms. The number of anilines is 1. The molecule has 1 atom stereocenters. The van der Waals surface area contributed by atoms with Crippen molar-refractivity contribution in [2.75, 3.05) is 25.0 Å². The minimum absolute atomic E-state index is 0.0177. The van der Waals surface area contributed by atoms with Crippen LogP contribution in [-0.2, 0) is 16.1 Å². The van der Waals surface area contributed by atoms with Crippen LogP contribution < -0.4 is 5.32 Å². The van der Waals surface area contributed by atoms with E-state index in [4.69, 9.17) is 11.6 Å². The average Bonchev–Trinajstić information content (AvgIpc) is 3.57. The maximum atomic E-state index is 12.7. The second-order valence-corrected chi connectivity index (χ2v) is 10.9. The van der Waals surface area contributed by atoms with E-state index in [0.717, 1.165) is 68.7 Å². The van der Waals surface area contributed by atoms with E-state index < -0.39 is 0 Å². The number of carbonyl (C=O) groups is 2. The number of amides is 2. The number of aliphatic hydroxyl groups is 1. The molecule has 0 aromatic heterocycles. The monoisotopic (exact) mass is 475 g/mol. The molecule has 182 valence electrons. The number of rotatable bonds is 7. The first kappa shape index (κ1) is 24.5. The number of halogens is 1. The van der Waals surface area contributed by atoms with Crippen LogP contribution in [0.1, 0.15) is 69.4 Å². The van der Waals surface area contributed by atoms with E-state index in [1.165, 1.54) is 12.8 Å². The summed E-state index contributed by atoms with van der Waals surface area (Å²) >= 11 is 6.43. The Kier molecular flexibility index (Phi) is 7.98. The summed E-state index contributed by atoms with van der Waals surface area (Å²) in [7, 11) is 0. The summed E-state index contributed by atoms with van der Waals surface area (Å²) < 4.78 is 0. The standard InChI is InChI=1S/C26H38ClN3O3/c1-17-15-29(9-10-30(17)26(33)12-20-3-4-20)16-21-13-22(27)14-24(18(21)2)28-25(32)11-19-5-7-23(31)8-6-19/h13-14,17,19-20,23,31H,3-12,15-16H2,1-2H3,(H,28,32). The van der Waals surface area contributed by atoms with E-state index in [2.05, 4.69) is 22.0 Å². The molecule has 7 heteroatoms. The summed E-state index contributed by atoms with van der Waals surface area (Å²) in [6.07, 6.45) is 6.79. The van der Waals surface area contributed by atoms with Crippen molar-refractivity contribution in [3.8, 4) is 0 Å². The molecular weight excluding hydrogens is 438 g/mol. The van der Waals surface area contributed by atoms with Crippen LogP contribution >= 0.6 is 11.6 Å². The third-order valence-corrected chi connectivity index (χ3v) is 7.85. The molecule has 1 aliphatic heterocycles. The first-order chi connectivity index (χ1) is 15.8. The van der Waals surface area contributed by atoms with Gasteiger partial charge in [0.1, 0.15) is 0 Å². The lowest BCUT2D eigenvalue weighted by Gasteiger charge is -2.40. The molecule has 4 rings (SSSR count). The van der Waals surface area contributed by atoms with E-state index in [0.29, 0.717) is 35.6 Å². The Morgan fingerprint density at radius 1 is 1.06 bits per heavy atom. The van der Waals surface area contributed by atoms with Crippen molar-refractivity contribution in [1.82, 2.24) is 9.80 Å². The number of benzene rings is 1. The highest BCUT2D eigenvalue weighted by molar-refractivity contribution is 6.31. The van der Waals surface area contributed by atoms with Gasteiger partial charge in [0.15, 0.2) is 0 Å². The van der Waals surface area contributed by atoms with Gasteiger partial charge in [-0.1, -0.05) is 11.6 Å². The number of piperazine rings is 1. The van der Waals surface area contributed by atoms with Crippen molar-refractivity contribution in [1.29, 1.82) is 0 Å². The summed E-state index contributed by atoms with van der Waals surface area (Å²) in [5.41, 5.74) is 2.94. The highest BCUT2D eigenvalue weighted by Gasteiger charge is 2.32. The van der Waals surface area contributed by atoms with Gasteiger partial charge in [0.2, 0.25) is 11.8 Å². The second-order valence-electron chi connectivity index (χ2n) is 10.5. The maximum absolute atomic E-state index is 12.7. The van der Waals surface area contributed by atoms with Gasteiger partial charge in [-0.2, -0.15) is 0 Å². The first-order valence-electron chi connectivity index (χ1n) is 12.6. The molecule has 1 heterocycles.